The van der Waals surface area contributed by atoms with Gasteiger partial charge in [0, 0.05) is 18.7 Å². The van der Waals surface area contributed by atoms with Gasteiger partial charge in [-0.3, -0.25) is 10.0 Å². The number of amides is 1. The first-order chi connectivity index (χ1) is 14.4. The smallest absolute Gasteiger partial charge is 0.233 e. The number of hydrogen-bond donors (Lipinski definition) is 1. The standard InChI is InChI=1S/C21H25FN2O5S/c1-29-18-8-6-16(7-9-18)17-10-12-23(13-11-17)30(27,28)14-21(24(26)15-25)19-4-2-3-5-20(19)22/h2-9,15,17,21,26H,10-14H2,1H3. The number of nitrogens with zero attached hydrogens (tertiary/aromatic N) is 2. The van der Waals surface area contributed by atoms with Crippen LogP contribution in [0.4, 0.5) is 4.39 Å². The van der Waals surface area contributed by atoms with Crippen molar-refractivity contribution in [2.75, 3.05) is 26.0 Å². The summed E-state index contributed by atoms with van der Waals surface area (Å²) in [6, 6.07) is 11.9. The number of ether oxygens (including phenoxy) is 1. The predicted molar refractivity (Wildman–Crippen MR) is 109 cm³/mol. The Balaban J connectivity index is 1.70. The third-order valence-corrected chi connectivity index (χ3v) is 7.38. The van der Waals surface area contributed by atoms with Crippen molar-refractivity contribution in [2.24, 2.45) is 0 Å². The largest absolute Gasteiger partial charge is 0.497 e. The Kier molecular flexibility index (Phi) is 7.06. The van der Waals surface area contributed by atoms with Gasteiger partial charge in [-0.2, -0.15) is 0 Å². The molecule has 1 unspecified atom stereocenters. The zero-order valence-corrected chi connectivity index (χ0v) is 17.5. The molecule has 9 heteroatoms. The molecule has 2 aromatic rings. The van der Waals surface area contributed by atoms with Gasteiger partial charge in [0.15, 0.2) is 0 Å². The second kappa shape index (κ2) is 9.55. The average molecular weight is 437 g/mol. The maximum atomic E-state index is 14.2. The van der Waals surface area contributed by atoms with Crippen LogP contribution in [0.15, 0.2) is 48.5 Å². The van der Waals surface area contributed by atoms with Gasteiger partial charge in [0.25, 0.3) is 0 Å². The molecular weight excluding hydrogens is 411 g/mol. The van der Waals surface area contributed by atoms with Crippen molar-refractivity contribution in [3.63, 3.8) is 0 Å². The van der Waals surface area contributed by atoms with E-state index in [-0.39, 0.29) is 23.0 Å². The van der Waals surface area contributed by atoms with E-state index in [0.29, 0.717) is 25.9 Å². The Bertz CT molecular complexity index is 960. The van der Waals surface area contributed by atoms with Gasteiger partial charge in [-0.15, -0.1) is 0 Å². The highest BCUT2D eigenvalue weighted by molar-refractivity contribution is 7.89. The van der Waals surface area contributed by atoms with Gasteiger partial charge >= 0.3 is 0 Å². The van der Waals surface area contributed by atoms with Gasteiger partial charge in [0.1, 0.15) is 17.6 Å². The first-order valence-corrected chi connectivity index (χ1v) is 11.3. The molecule has 0 radical (unpaired) electrons. The van der Waals surface area contributed by atoms with Crippen LogP contribution < -0.4 is 4.74 Å². The fourth-order valence-electron chi connectivity index (χ4n) is 3.78. The topological polar surface area (TPSA) is 87.2 Å². The van der Waals surface area contributed by atoms with E-state index in [1.54, 1.807) is 7.11 Å². The quantitative estimate of drug-likeness (QED) is 0.391. The number of carbonyl (C=O) groups is 1. The second-order valence-electron chi connectivity index (χ2n) is 7.25. The Morgan fingerprint density at radius 1 is 1.20 bits per heavy atom. The van der Waals surface area contributed by atoms with Crippen molar-refractivity contribution >= 4 is 16.4 Å². The molecule has 1 atom stereocenters. The minimum atomic E-state index is -3.83. The van der Waals surface area contributed by atoms with E-state index in [9.17, 15) is 22.8 Å². The number of carbonyl (C=O) groups excluding carboxylic acids is 1. The van der Waals surface area contributed by atoms with Gasteiger partial charge in [0.2, 0.25) is 16.4 Å². The first kappa shape index (κ1) is 22.2. The lowest BCUT2D eigenvalue weighted by Crippen LogP contribution is -2.42. The molecule has 0 aliphatic carbocycles. The number of piperidine rings is 1. The number of benzene rings is 2. The van der Waals surface area contributed by atoms with Crippen molar-refractivity contribution in [1.29, 1.82) is 0 Å². The van der Waals surface area contributed by atoms with E-state index < -0.39 is 27.6 Å². The van der Waals surface area contributed by atoms with E-state index >= 15 is 0 Å². The van der Waals surface area contributed by atoms with Crippen molar-refractivity contribution in [3.8, 4) is 5.75 Å². The van der Waals surface area contributed by atoms with Crippen LogP contribution in [0.5, 0.6) is 5.75 Å². The summed E-state index contributed by atoms with van der Waals surface area (Å²) in [6.45, 7) is 0.630. The molecule has 0 aromatic heterocycles. The summed E-state index contributed by atoms with van der Waals surface area (Å²) in [6.07, 6.45) is 1.38. The zero-order chi connectivity index (χ0) is 21.7. The normalized spacial score (nSPS) is 16.8. The summed E-state index contributed by atoms with van der Waals surface area (Å²) in [5.41, 5.74) is 1.07. The molecule has 1 amide bonds. The molecule has 1 aliphatic heterocycles. The van der Waals surface area contributed by atoms with Crippen LogP contribution in [0.1, 0.15) is 35.9 Å². The van der Waals surface area contributed by atoms with Gasteiger partial charge in [0.05, 0.1) is 12.9 Å². The van der Waals surface area contributed by atoms with Crippen LogP contribution in [-0.2, 0) is 14.8 Å². The molecule has 0 saturated carbocycles. The first-order valence-electron chi connectivity index (χ1n) is 9.64. The maximum absolute atomic E-state index is 14.2. The molecule has 1 N–H and O–H groups in total. The second-order valence-corrected chi connectivity index (χ2v) is 9.26. The molecule has 7 nitrogen and oxygen atoms in total. The minimum absolute atomic E-state index is 0.0520. The highest BCUT2D eigenvalue weighted by Gasteiger charge is 2.34. The molecule has 2 aromatic carbocycles. The van der Waals surface area contributed by atoms with Gasteiger partial charge in [-0.1, -0.05) is 30.3 Å². The number of halogens is 1. The van der Waals surface area contributed by atoms with Crippen LogP contribution >= 0.6 is 0 Å². The summed E-state index contributed by atoms with van der Waals surface area (Å²) < 4.78 is 46.6. The fourth-order valence-corrected chi connectivity index (χ4v) is 5.49. The van der Waals surface area contributed by atoms with Crippen LogP contribution in [0.3, 0.4) is 0 Å². The molecule has 1 fully saturated rings. The number of methoxy groups -OCH3 is 1. The van der Waals surface area contributed by atoms with E-state index in [0.717, 1.165) is 17.4 Å². The molecule has 162 valence electrons. The maximum Gasteiger partial charge on any atom is 0.233 e. The van der Waals surface area contributed by atoms with E-state index in [1.807, 2.05) is 24.3 Å². The SMILES string of the molecule is COc1ccc(C2CCN(S(=O)(=O)CC(c3ccccc3F)N(O)C=O)CC2)cc1. The molecular formula is C21H25FN2O5S. The summed E-state index contributed by atoms with van der Waals surface area (Å²) in [7, 11) is -2.23. The Hall–Kier alpha value is -2.49. The van der Waals surface area contributed by atoms with Crippen LogP contribution in [0.2, 0.25) is 0 Å². The predicted octanol–water partition coefficient (Wildman–Crippen LogP) is 2.93. The Morgan fingerprint density at radius 2 is 1.83 bits per heavy atom. The van der Waals surface area contributed by atoms with E-state index in [4.69, 9.17) is 4.74 Å². The monoisotopic (exact) mass is 436 g/mol. The summed E-state index contributed by atoms with van der Waals surface area (Å²) >= 11 is 0. The molecule has 1 saturated heterocycles. The zero-order valence-electron chi connectivity index (χ0n) is 16.6. The molecule has 30 heavy (non-hydrogen) atoms. The van der Waals surface area contributed by atoms with Crippen LogP contribution in [0, 0.1) is 5.82 Å². The van der Waals surface area contributed by atoms with E-state index in [2.05, 4.69) is 0 Å². The van der Waals surface area contributed by atoms with Crippen molar-refractivity contribution < 1.29 is 27.5 Å². The van der Waals surface area contributed by atoms with Gasteiger partial charge in [-0.05, 0) is 42.5 Å². The highest BCUT2D eigenvalue weighted by atomic mass is 32.2. The minimum Gasteiger partial charge on any atom is -0.497 e. The number of rotatable bonds is 8. The van der Waals surface area contributed by atoms with Gasteiger partial charge < -0.3 is 4.74 Å². The van der Waals surface area contributed by atoms with Crippen molar-refractivity contribution in [3.05, 3.63) is 65.5 Å². The highest BCUT2D eigenvalue weighted by Crippen LogP contribution is 2.32. The third kappa shape index (κ3) is 4.97. The van der Waals surface area contributed by atoms with E-state index in [1.165, 1.54) is 22.5 Å². The average Bonchev–Trinajstić information content (AvgIpc) is 2.77. The third-order valence-electron chi connectivity index (χ3n) is 5.49. The molecule has 0 spiro atoms. The Morgan fingerprint density at radius 3 is 2.40 bits per heavy atom. The molecule has 1 aliphatic rings. The van der Waals surface area contributed by atoms with Crippen LogP contribution in [-0.4, -0.2) is 55.4 Å². The molecule has 1 heterocycles. The number of sulfonamides is 1. The lowest BCUT2D eigenvalue weighted by atomic mass is 9.90. The summed E-state index contributed by atoms with van der Waals surface area (Å²) in [4.78, 5) is 11.1. The lowest BCUT2D eigenvalue weighted by Gasteiger charge is -2.33. The fraction of sp³-hybridized carbons (Fsp3) is 0.381. The van der Waals surface area contributed by atoms with Crippen LogP contribution in [0.25, 0.3) is 0 Å². The number of hydroxylamine groups is 2. The summed E-state index contributed by atoms with van der Waals surface area (Å²) in [5.74, 6) is -0.288. The molecule has 3 rings (SSSR count). The van der Waals surface area contributed by atoms with Crippen molar-refractivity contribution in [2.45, 2.75) is 24.8 Å². The molecule has 0 bridgehead atoms. The lowest BCUT2D eigenvalue weighted by molar-refractivity contribution is -0.159. The van der Waals surface area contributed by atoms with Gasteiger partial charge in [-0.25, -0.2) is 22.2 Å². The van der Waals surface area contributed by atoms with Crippen molar-refractivity contribution in [1.82, 2.24) is 9.37 Å². The number of hydrogen-bond acceptors (Lipinski definition) is 5. The summed E-state index contributed by atoms with van der Waals surface area (Å²) in [5, 5.41) is 10.1. The Labute approximate surface area is 175 Å².